The van der Waals surface area contributed by atoms with Gasteiger partial charge in [-0.2, -0.15) is 0 Å². The zero-order valence-electron chi connectivity index (χ0n) is 21.5. The summed E-state index contributed by atoms with van der Waals surface area (Å²) in [6, 6.07) is 8.56. The van der Waals surface area contributed by atoms with Crippen molar-refractivity contribution in [2.75, 3.05) is 32.1 Å². The Labute approximate surface area is 211 Å². The first kappa shape index (κ1) is 22.9. The van der Waals surface area contributed by atoms with Gasteiger partial charge in [-0.3, -0.25) is 0 Å². The number of anilines is 1. The number of hydrogen-bond acceptors (Lipinski definition) is 7. The van der Waals surface area contributed by atoms with Crippen molar-refractivity contribution in [3.8, 4) is 16.9 Å². The molecular weight excluding hydrogens is 450 g/mol. The molecule has 0 unspecified atom stereocenters. The minimum atomic E-state index is 0.268. The maximum Gasteiger partial charge on any atom is 0.177 e. The molecule has 1 aliphatic heterocycles. The first-order valence-electron chi connectivity index (χ1n) is 12.7. The number of aromatic amines is 1. The Morgan fingerprint density at radius 2 is 2.00 bits per heavy atom. The molecule has 36 heavy (non-hydrogen) atoms. The van der Waals surface area contributed by atoms with E-state index in [-0.39, 0.29) is 5.41 Å². The SMILES string of the molecule is CN(C)Cc1nc2ncc(-c3ccc4c(c3)CN(c3ncnc5c3CC(C)(C)CC5)CCO4)cc2[nH]1. The maximum absolute atomic E-state index is 6.17. The lowest BCUT2D eigenvalue weighted by atomic mass is 9.76. The number of nitrogens with one attached hydrogen (secondary N) is 1. The Morgan fingerprint density at radius 3 is 2.86 bits per heavy atom. The van der Waals surface area contributed by atoms with Crippen molar-refractivity contribution in [2.45, 2.75) is 46.2 Å². The lowest BCUT2D eigenvalue weighted by Gasteiger charge is -2.33. The third-order valence-electron chi connectivity index (χ3n) is 7.23. The Kier molecular flexibility index (Phi) is 5.63. The molecule has 0 saturated carbocycles. The normalized spacial score (nSPS) is 17.0. The van der Waals surface area contributed by atoms with Crippen LogP contribution in [0.25, 0.3) is 22.3 Å². The molecule has 0 amide bonds. The van der Waals surface area contributed by atoms with Gasteiger partial charge >= 0.3 is 0 Å². The van der Waals surface area contributed by atoms with Gasteiger partial charge in [0.15, 0.2) is 5.65 Å². The van der Waals surface area contributed by atoms with Crippen molar-refractivity contribution in [1.82, 2.24) is 29.8 Å². The summed E-state index contributed by atoms with van der Waals surface area (Å²) in [5, 5.41) is 0. The van der Waals surface area contributed by atoms with Crippen LogP contribution in [-0.4, -0.2) is 57.1 Å². The molecule has 8 nitrogen and oxygen atoms in total. The number of hydrogen-bond donors (Lipinski definition) is 1. The summed E-state index contributed by atoms with van der Waals surface area (Å²) < 4.78 is 6.17. The summed E-state index contributed by atoms with van der Waals surface area (Å²) in [7, 11) is 4.07. The number of pyridine rings is 1. The van der Waals surface area contributed by atoms with Crippen LogP contribution in [0, 0.1) is 5.41 Å². The number of rotatable bonds is 4. The standard InChI is InChI=1S/C28H33N7O/c1-28(2)8-7-22-21(13-28)27(31-17-30-22)35-9-10-36-24-6-5-18(11-20(24)15-35)19-12-23-26(29-14-19)33-25(32-23)16-34(3)4/h5-6,11-12,14,17H,7-10,13,15-16H2,1-4H3,(H,29,32,33). The zero-order valence-corrected chi connectivity index (χ0v) is 21.5. The van der Waals surface area contributed by atoms with E-state index in [1.165, 1.54) is 11.3 Å². The van der Waals surface area contributed by atoms with Crippen molar-refractivity contribution in [3.05, 3.63) is 59.4 Å². The molecule has 8 heteroatoms. The van der Waals surface area contributed by atoms with Gasteiger partial charge in [-0.15, -0.1) is 0 Å². The fourth-order valence-corrected chi connectivity index (χ4v) is 5.37. The van der Waals surface area contributed by atoms with E-state index < -0.39 is 0 Å². The third-order valence-corrected chi connectivity index (χ3v) is 7.23. The molecule has 0 bridgehead atoms. The Morgan fingerprint density at radius 1 is 1.11 bits per heavy atom. The van der Waals surface area contributed by atoms with Crippen LogP contribution in [0.3, 0.4) is 0 Å². The quantitative estimate of drug-likeness (QED) is 0.461. The second kappa shape index (κ2) is 8.85. The summed E-state index contributed by atoms with van der Waals surface area (Å²) in [6.07, 6.45) is 6.82. The van der Waals surface area contributed by atoms with Crippen LogP contribution in [0.2, 0.25) is 0 Å². The van der Waals surface area contributed by atoms with Crippen molar-refractivity contribution < 1.29 is 4.74 Å². The summed E-state index contributed by atoms with van der Waals surface area (Å²) in [5.41, 5.74) is 7.80. The molecule has 0 saturated heterocycles. The summed E-state index contributed by atoms with van der Waals surface area (Å²) >= 11 is 0. The number of aryl methyl sites for hydroxylation is 1. The van der Waals surface area contributed by atoms with Crippen LogP contribution in [0.5, 0.6) is 5.75 Å². The minimum Gasteiger partial charge on any atom is -0.491 e. The van der Waals surface area contributed by atoms with Crippen LogP contribution in [0.1, 0.15) is 42.9 Å². The van der Waals surface area contributed by atoms with Crippen molar-refractivity contribution in [3.63, 3.8) is 0 Å². The van der Waals surface area contributed by atoms with Gasteiger partial charge in [0, 0.05) is 35.1 Å². The number of ether oxygens (including phenoxy) is 1. The topological polar surface area (TPSA) is 83.1 Å². The van der Waals surface area contributed by atoms with E-state index in [2.05, 4.69) is 67.8 Å². The second-order valence-corrected chi connectivity index (χ2v) is 11.1. The van der Waals surface area contributed by atoms with Gasteiger partial charge in [-0.05, 0) is 62.5 Å². The molecular formula is C28H33N7O. The van der Waals surface area contributed by atoms with E-state index in [4.69, 9.17) is 9.72 Å². The Balaban J connectivity index is 1.32. The highest BCUT2D eigenvalue weighted by Gasteiger charge is 2.30. The largest absolute Gasteiger partial charge is 0.491 e. The minimum absolute atomic E-state index is 0.268. The zero-order chi connectivity index (χ0) is 24.9. The fourth-order valence-electron chi connectivity index (χ4n) is 5.37. The predicted molar refractivity (Wildman–Crippen MR) is 141 cm³/mol. The third kappa shape index (κ3) is 4.41. The van der Waals surface area contributed by atoms with Crippen molar-refractivity contribution >= 4 is 17.0 Å². The number of benzene rings is 1. The van der Waals surface area contributed by atoms with Gasteiger partial charge in [0.1, 0.15) is 30.3 Å². The highest BCUT2D eigenvalue weighted by atomic mass is 16.5. The van der Waals surface area contributed by atoms with E-state index in [9.17, 15) is 0 Å². The Hall–Kier alpha value is -3.52. The van der Waals surface area contributed by atoms with Crippen molar-refractivity contribution in [1.29, 1.82) is 0 Å². The van der Waals surface area contributed by atoms with E-state index in [1.807, 2.05) is 20.3 Å². The summed E-state index contributed by atoms with van der Waals surface area (Å²) in [6.45, 7) is 7.61. The van der Waals surface area contributed by atoms with Gasteiger partial charge in [-0.25, -0.2) is 19.9 Å². The van der Waals surface area contributed by atoms with E-state index in [0.29, 0.717) is 6.61 Å². The Bertz CT molecular complexity index is 1420. The molecule has 186 valence electrons. The number of imidazole rings is 1. The van der Waals surface area contributed by atoms with E-state index >= 15 is 0 Å². The van der Waals surface area contributed by atoms with Crippen LogP contribution in [-0.2, 0) is 25.9 Å². The van der Waals surface area contributed by atoms with Gasteiger partial charge < -0.3 is 19.5 Å². The second-order valence-electron chi connectivity index (χ2n) is 11.1. The lowest BCUT2D eigenvalue weighted by Crippen LogP contribution is -2.31. The molecule has 6 rings (SSSR count). The molecule has 3 aromatic heterocycles. The number of fused-ring (bicyclic) bond motifs is 3. The number of aromatic nitrogens is 5. The molecule has 0 fully saturated rings. The molecule has 4 heterocycles. The lowest BCUT2D eigenvalue weighted by molar-refractivity contribution is 0.310. The molecule has 0 atom stereocenters. The summed E-state index contributed by atoms with van der Waals surface area (Å²) in [5.74, 6) is 2.92. The molecule has 2 aliphatic rings. The van der Waals surface area contributed by atoms with Crippen LogP contribution >= 0.6 is 0 Å². The first-order chi connectivity index (χ1) is 17.3. The van der Waals surface area contributed by atoms with Crippen molar-refractivity contribution in [2.24, 2.45) is 5.41 Å². The highest BCUT2D eigenvalue weighted by Crippen LogP contribution is 2.39. The van der Waals surface area contributed by atoms with E-state index in [0.717, 1.165) is 84.1 Å². The van der Waals surface area contributed by atoms with Gasteiger partial charge in [-0.1, -0.05) is 19.9 Å². The molecule has 1 aliphatic carbocycles. The molecule has 1 N–H and O–H groups in total. The summed E-state index contributed by atoms with van der Waals surface area (Å²) in [4.78, 5) is 26.5. The fraction of sp³-hybridized carbons (Fsp3) is 0.429. The molecule has 1 aromatic carbocycles. The smallest absolute Gasteiger partial charge is 0.177 e. The maximum atomic E-state index is 6.17. The number of nitrogens with zero attached hydrogens (tertiary/aromatic N) is 6. The van der Waals surface area contributed by atoms with Gasteiger partial charge in [0.05, 0.1) is 18.6 Å². The number of H-pyrrole nitrogens is 1. The highest BCUT2D eigenvalue weighted by molar-refractivity contribution is 5.78. The first-order valence-corrected chi connectivity index (χ1v) is 12.7. The average Bonchev–Trinajstić information content (AvgIpc) is 3.11. The monoisotopic (exact) mass is 483 g/mol. The van der Waals surface area contributed by atoms with Gasteiger partial charge in [0.2, 0.25) is 0 Å². The van der Waals surface area contributed by atoms with E-state index in [1.54, 1.807) is 6.33 Å². The molecule has 0 spiro atoms. The molecule has 4 aromatic rings. The van der Waals surface area contributed by atoms with Crippen LogP contribution in [0.15, 0.2) is 36.8 Å². The van der Waals surface area contributed by atoms with Gasteiger partial charge in [0.25, 0.3) is 0 Å². The van der Waals surface area contributed by atoms with Crippen LogP contribution < -0.4 is 9.64 Å². The van der Waals surface area contributed by atoms with Crippen LogP contribution in [0.4, 0.5) is 5.82 Å². The predicted octanol–water partition coefficient (Wildman–Crippen LogP) is 4.39. The molecule has 0 radical (unpaired) electrons. The average molecular weight is 484 g/mol.